The van der Waals surface area contributed by atoms with Crippen molar-refractivity contribution in [1.82, 2.24) is 0 Å². The molecule has 0 aliphatic heterocycles. The van der Waals surface area contributed by atoms with Gasteiger partial charge >= 0.3 is 11.9 Å². The largest absolute Gasteiger partial charge is 0.459 e. The number of azo groups is 1. The Bertz CT molecular complexity index is 1540. The van der Waals surface area contributed by atoms with Gasteiger partial charge in [0.05, 0.1) is 22.5 Å². The lowest BCUT2D eigenvalue weighted by atomic mass is 9.86. The van der Waals surface area contributed by atoms with Crippen molar-refractivity contribution < 1.29 is 19.1 Å². The summed E-state index contributed by atoms with van der Waals surface area (Å²) in [5.74, 6) is 0.439. The highest BCUT2D eigenvalue weighted by molar-refractivity contribution is 5.91. The lowest BCUT2D eigenvalue weighted by Crippen LogP contribution is -2.25. The zero-order valence-corrected chi connectivity index (χ0v) is 28.1. The van der Waals surface area contributed by atoms with Crippen LogP contribution in [0.15, 0.2) is 107 Å². The Morgan fingerprint density at radius 2 is 0.771 bits per heavy atom. The second kappa shape index (κ2) is 16.0. The van der Waals surface area contributed by atoms with Gasteiger partial charge in [0.15, 0.2) is 0 Å². The van der Waals surface area contributed by atoms with Crippen molar-refractivity contribution in [1.29, 1.82) is 0 Å². The molecule has 4 aromatic carbocycles. The van der Waals surface area contributed by atoms with Gasteiger partial charge in [-0.1, -0.05) is 87.1 Å². The molecule has 0 spiro atoms. The van der Waals surface area contributed by atoms with Crippen LogP contribution >= 0.6 is 0 Å². The maximum absolute atomic E-state index is 12.7. The summed E-state index contributed by atoms with van der Waals surface area (Å²) in [5, 5.41) is 8.84. The molecule has 2 saturated carbocycles. The summed E-state index contributed by atoms with van der Waals surface area (Å²) in [6.45, 7) is 4.05. The summed E-state index contributed by atoms with van der Waals surface area (Å²) in [5.41, 5.74) is 6.76. The number of ether oxygens (including phenoxy) is 2. The van der Waals surface area contributed by atoms with Crippen LogP contribution in [0, 0.1) is 11.8 Å². The first-order chi connectivity index (χ1) is 23.4. The molecular weight excluding hydrogens is 596 g/mol. The summed E-state index contributed by atoms with van der Waals surface area (Å²) in [6, 6.07) is 30.9. The van der Waals surface area contributed by atoms with E-state index in [0.717, 1.165) is 59.3 Å². The first-order valence-corrected chi connectivity index (χ1v) is 17.7. The zero-order valence-electron chi connectivity index (χ0n) is 28.1. The van der Waals surface area contributed by atoms with Crippen molar-refractivity contribution in [2.45, 2.75) is 90.3 Å². The molecule has 4 aromatic rings. The molecule has 0 aromatic heterocycles. The van der Waals surface area contributed by atoms with Gasteiger partial charge in [-0.25, -0.2) is 9.59 Å². The van der Waals surface area contributed by atoms with Crippen LogP contribution < -0.4 is 0 Å². The quantitative estimate of drug-likeness (QED) is 0.127. The Morgan fingerprint density at radius 3 is 1.08 bits per heavy atom. The van der Waals surface area contributed by atoms with Gasteiger partial charge in [0.2, 0.25) is 0 Å². The number of hydrogen-bond acceptors (Lipinski definition) is 6. The van der Waals surface area contributed by atoms with E-state index in [1.54, 1.807) is 0 Å². The molecule has 6 rings (SSSR count). The van der Waals surface area contributed by atoms with Gasteiger partial charge < -0.3 is 9.47 Å². The number of rotatable bonds is 10. The maximum atomic E-state index is 12.7. The molecule has 0 saturated heterocycles. The van der Waals surface area contributed by atoms with Gasteiger partial charge in [-0.2, -0.15) is 10.2 Å². The van der Waals surface area contributed by atoms with Gasteiger partial charge in [-0.3, -0.25) is 0 Å². The van der Waals surface area contributed by atoms with E-state index in [1.807, 2.05) is 111 Å². The zero-order chi connectivity index (χ0) is 33.3. The van der Waals surface area contributed by atoms with Crippen molar-refractivity contribution in [2.75, 3.05) is 0 Å². The van der Waals surface area contributed by atoms with Crippen LogP contribution in [0.4, 0.5) is 11.4 Å². The van der Waals surface area contributed by atoms with Crippen LogP contribution in [0.3, 0.4) is 0 Å². The monoisotopic (exact) mass is 642 g/mol. The van der Waals surface area contributed by atoms with Gasteiger partial charge in [0.25, 0.3) is 0 Å². The van der Waals surface area contributed by atoms with E-state index in [9.17, 15) is 9.59 Å². The second-order valence-corrected chi connectivity index (χ2v) is 13.5. The summed E-state index contributed by atoms with van der Waals surface area (Å²) in [6.07, 6.45) is 12.0. The number of esters is 2. The van der Waals surface area contributed by atoms with Crippen LogP contribution in [0.2, 0.25) is 0 Å². The minimum atomic E-state index is -0.252. The Morgan fingerprint density at radius 1 is 0.479 bits per heavy atom. The molecule has 48 heavy (non-hydrogen) atoms. The molecule has 6 heteroatoms. The fourth-order valence-corrected chi connectivity index (χ4v) is 7.03. The van der Waals surface area contributed by atoms with Crippen LogP contribution in [0.25, 0.3) is 22.3 Å². The smallest absolute Gasteiger partial charge is 0.338 e. The van der Waals surface area contributed by atoms with Crippen molar-refractivity contribution in [3.05, 3.63) is 108 Å². The number of nitrogens with zero attached hydrogens (tertiary/aromatic N) is 2. The number of hydrogen-bond donors (Lipinski definition) is 0. The van der Waals surface area contributed by atoms with Crippen LogP contribution in [-0.4, -0.2) is 24.1 Å². The maximum Gasteiger partial charge on any atom is 0.338 e. The molecule has 0 N–H and O–H groups in total. The summed E-state index contributed by atoms with van der Waals surface area (Å²) in [7, 11) is 0. The Balaban J connectivity index is 1.00. The first kappa shape index (κ1) is 33.3. The molecule has 2 aliphatic rings. The van der Waals surface area contributed by atoms with Gasteiger partial charge in [0.1, 0.15) is 12.2 Å². The number of carbonyl (C=O) groups is 2. The highest BCUT2D eigenvalue weighted by Gasteiger charge is 2.25. The van der Waals surface area contributed by atoms with Crippen molar-refractivity contribution in [3.63, 3.8) is 0 Å². The Kier molecular flexibility index (Phi) is 11.1. The van der Waals surface area contributed by atoms with E-state index in [0.29, 0.717) is 23.0 Å². The van der Waals surface area contributed by atoms with Gasteiger partial charge in [-0.15, -0.1) is 0 Å². The van der Waals surface area contributed by atoms with E-state index in [-0.39, 0.29) is 24.1 Å². The predicted octanol–water partition coefficient (Wildman–Crippen LogP) is 11.7. The minimum Gasteiger partial charge on any atom is -0.459 e. The van der Waals surface area contributed by atoms with E-state index >= 15 is 0 Å². The van der Waals surface area contributed by atoms with E-state index in [2.05, 4.69) is 10.2 Å². The molecule has 0 heterocycles. The van der Waals surface area contributed by atoms with Crippen molar-refractivity contribution >= 4 is 23.3 Å². The lowest BCUT2D eigenvalue weighted by Gasteiger charge is -2.27. The molecule has 0 radical (unpaired) electrons. The third kappa shape index (κ3) is 8.66. The molecule has 2 atom stereocenters. The standard InChI is InChI=1S/C42H46N2O4/c1-29(31-9-5-3-6-10-31)47-41(45)37-17-13-33(14-18-37)35-21-25-39(26-22-35)43-44-40-27-23-36(24-28-40)34-15-19-38(20-16-34)42(46)48-30(2)32-11-7-4-8-12-32/h13-32H,3-12H2,1-2H3/t29-,30-/m0/s1. The minimum absolute atomic E-state index is 0.0485. The molecule has 248 valence electrons. The van der Waals surface area contributed by atoms with Gasteiger partial charge in [-0.05, 0) is 122 Å². The molecular formula is C42H46N2O4. The SMILES string of the molecule is C[C@H](OC(=O)c1ccc(-c2ccc(N=Nc3ccc(-c4ccc(C(=O)O[C@@H](C)C5CCCCC5)cc4)cc3)cc2)cc1)C1CCCCC1. The highest BCUT2D eigenvalue weighted by atomic mass is 16.5. The fourth-order valence-electron chi connectivity index (χ4n) is 7.03. The third-order valence-electron chi connectivity index (χ3n) is 10.1. The number of carbonyl (C=O) groups excluding carboxylic acids is 2. The van der Waals surface area contributed by atoms with Crippen molar-refractivity contribution in [2.24, 2.45) is 22.1 Å². The Labute approximate surface area is 284 Å². The average molecular weight is 643 g/mol. The van der Waals surface area contributed by atoms with Gasteiger partial charge in [0, 0.05) is 0 Å². The summed E-state index contributed by atoms with van der Waals surface area (Å²) in [4.78, 5) is 25.4. The highest BCUT2D eigenvalue weighted by Crippen LogP contribution is 2.31. The molecule has 0 bridgehead atoms. The normalized spacial score (nSPS) is 17.1. The fraction of sp³-hybridized carbons (Fsp3) is 0.381. The average Bonchev–Trinajstić information content (AvgIpc) is 3.15. The Hall–Kier alpha value is -4.58. The van der Waals surface area contributed by atoms with E-state index in [4.69, 9.17) is 9.47 Å². The van der Waals surface area contributed by atoms with Crippen molar-refractivity contribution in [3.8, 4) is 22.3 Å². The summed E-state index contributed by atoms with van der Waals surface area (Å²) >= 11 is 0. The predicted molar refractivity (Wildman–Crippen MR) is 191 cm³/mol. The molecule has 0 unspecified atom stereocenters. The van der Waals surface area contributed by atoms with E-state index in [1.165, 1.54) is 38.5 Å². The molecule has 2 fully saturated rings. The van der Waals surface area contributed by atoms with Crippen LogP contribution in [0.1, 0.15) is 98.8 Å². The van der Waals surface area contributed by atoms with Crippen LogP contribution in [-0.2, 0) is 9.47 Å². The molecule has 6 nitrogen and oxygen atoms in total. The summed E-state index contributed by atoms with van der Waals surface area (Å²) < 4.78 is 11.6. The molecule has 0 amide bonds. The number of benzene rings is 4. The van der Waals surface area contributed by atoms with Crippen LogP contribution in [0.5, 0.6) is 0 Å². The lowest BCUT2D eigenvalue weighted by molar-refractivity contribution is 0.0133. The first-order valence-electron chi connectivity index (χ1n) is 17.7. The second-order valence-electron chi connectivity index (χ2n) is 13.5. The molecule has 2 aliphatic carbocycles. The van der Waals surface area contributed by atoms with E-state index < -0.39 is 0 Å². The topological polar surface area (TPSA) is 77.3 Å². The third-order valence-corrected chi connectivity index (χ3v) is 10.1.